The maximum Gasteiger partial charge on any atom is 0.139 e. The lowest BCUT2D eigenvalue weighted by Gasteiger charge is -2.12. The van der Waals surface area contributed by atoms with E-state index in [-0.39, 0.29) is 0 Å². The van der Waals surface area contributed by atoms with E-state index in [4.69, 9.17) is 4.98 Å². The molecule has 0 unspecified atom stereocenters. The summed E-state index contributed by atoms with van der Waals surface area (Å²) >= 11 is 0. The number of unbranched alkanes of at least 4 members (excludes halogenated alkanes) is 2. The highest BCUT2D eigenvalue weighted by atomic mass is 15.1. The van der Waals surface area contributed by atoms with Crippen LogP contribution in [0.15, 0.2) is 55.4 Å². The summed E-state index contributed by atoms with van der Waals surface area (Å²) in [6, 6.07) is 8.85. The van der Waals surface area contributed by atoms with Crippen LogP contribution in [0, 0.1) is 6.92 Å². The number of benzene rings is 1. The van der Waals surface area contributed by atoms with E-state index in [0.29, 0.717) is 0 Å². The van der Waals surface area contributed by atoms with Gasteiger partial charge < -0.3 is 4.57 Å². The van der Waals surface area contributed by atoms with E-state index in [1.807, 2.05) is 17.8 Å². The van der Waals surface area contributed by atoms with Crippen LogP contribution in [0.3, 0.4) is 0 Å². The maximum absolute atomic E-state index is 4.92. The largest absolute Gasteiger partial charge is 0.357 e. The van der Waals surface area contributed by atoms with E-state index in [0.717, 1.165) is 17.8 Å². The van der Waals surface area contributed by atoms with Gasteiger partial charge in [-0.05, 0) is 66.3 Å². The topological polar surface area (TPSA) is 35.6 Å². The standard InChI is InChI=1S/C25H28N4/c1-4-5-6-7-21-15-23-22(9-8-20-10-12-28(3)17-20)16-25(29-13-11-26-18-29)27-24(23)14-19(21)2/h8-18H,4-7H2,1-3H3/b9-8+. The van der Waals surface area contributed by atoms with Gasteiger partial charge in [-0.3, -0.25) is 4.57 Å². The number of imidazole rings is 1. The van der Waals surface area contributed by atoms with E-state index in [1.54, 1.807) is 12.5 Å². The van der Waals surface area contributed by atoms with E-state index >= 15 is 0 Å². The molecule has 0 spiro atoms. The van der Waals surface area contributed by atoms with E-state index in [1.165, 1.54) is 46.9 Å². The number of hydrogen-bond donors (Lipinski definition) is 0. The van der Waals surface area contributed by atoms with Crippen molar-refractivity contribution in [3.05, 3.63) is 77.6 Å². The molecule has 0 atom stereocenters. The molecule has 148 valence electrons. The Morgan fingerprint density at radius 2 is 1.97 bits per heavy atom. The molecular weight excluding hydrogens is 356 g/mol. The minimum Gasteiger partial charge on any atom is -0.357 e. The molecule has 1 aromatic carbocycles. The minimum absolute atomic E-state index is 0.890. The molecule has 3 aromatic heterocycles. The van der Waals surface area contributed by atoms with E-state index in [9.17, 15) is 0 Å². The summed E-state index contributed by atoms with van der Waals surface area (Å²) in [5, 5.41) is 1.21. The Balaban J connectivity index is 1.81. The second-order valence-corrected chi connectivity index (χ2v) is 7.74. The molecule has 0 radical (unpaired) electrons. The summed E-state index contributed by atoms with van der Waals surface area (Å²) in [7, 11) is 2.04. The molecule has 0 aliphatic heterocycles. The van der Waals surface area contributed by atoms with Crippen LogP contribution in [-0.2, 0) is 13.5 Å². The van der Waals surface area contributed by atoms with Gasteiger partial charge in [0.1, 0.15) is 12.1 Å². The fourth-order valence-electron chi connectivity index (χ4n) is 3.74. The first-order chi connectivity index (χ1) is 14.1. The first-order valence-electron chi connectivity index (χ1n) is 10.4. The Labute approximate surface area is 172 Å². The summed E-state index contributed by atoms with van der Waals surface area (Å²) in [5.41, 5.74) is 6.15. The highest BCUT2D eigenvalue weighted by Crippen LogP contribution is 2.27. The van der Waals surface area contributed by atoms with Crippen molar-refractivity contribution >= 4 is 23.1 Å². The predicted molar refractivity (Wildman–Crippen MR) is 121 cm³/mol. The third kappa shape index (κ3) is 4.32. The summed E-state index contributed by atoms with van der Waals surface area (Å²) < 4.78 is 4.03. The number of nitrogens with zero attached hydrogens (tertiary/aromatic N) is 4. The first kappa shape index (κ1) is 19.2. The van der Waals surface area contributed by atoms with Crippen molar-refractivity contribution in [1.82, 2.24) is 19.1 Å². The average molecular weight is 385 g/mol. The molecule has 4 heteroatoms. The van der Waals surface area contributed by atoms with Gasteiger partial charge in [-0.25, -0.2) is 9.97 Å². The molecule has 3 heterocycles. The number of fused-ring (bicyclic) bond motifs is 1. The molecule has 0 bridgehead atoms. The van der Waals surface area contributed by atoms with Crippen LogP contribution in [0.1, 0.15) is 48.4 Å². The fourth-order valence-corrected chi connectivity index (χ4v) is 3.74. The van der Waals surface area contributed by atoms with Gasteiger partial charge in [0.15, 0.2) is 0 Å². The van der Waals surface area contributed by atoms with Crippen LogP contribution >= 0.6 is 0 Å². The Morgan fingerprint density at radius 3 is 2.69 bits per heavy atom. The molecule has 4 aromatic rings. The van der Waals surface area contributed by atoms with E-state index in [2.05, 4.69) is 72.2 Å². The van der Waals surface area contributed by atoms with Crippen molar-refractivity contribution in [1.29, 1.82) is 0 Å². The van der Waals surface area contributed by atoms with Gasteiger partial charge in [-0.2, -0.15) is 0 Å². The Kier molecular flexibility index (Phi) is 5.61. The third-order valence-electron chi connectivity index (χ3n) is 5.41. The van der Waals surface area contributed by atoms with Crippen molar-refractivity contribution < 1.29 is 0 Å². The fraction of sp³-hybridized carbons (Fsp3) is 0.280. The van der Waals surface area contributed by atoms with Crippen molar-refractivity contribution in [3.8, 4) is 5.82 Å². The van der Waals surface area contributed by atoms with Crippen LogP contribution in [0.5, 0.6) is 0 Å². The molecule has 0 N–H and O–H groups in total. The zero-order chi connectivity index (χ0) is 20.2. The molecule has 0 saturated carbocycles. The van der Waals surface area contributed by atoms with Crippen molar-refractivity contribution in [2.45, 2.75) is 39.5 Å². The molecule has 0 fully saturated rings. The lowest BCUT2D eigenvalue weighted by Crippen LogP contribution is -1.99. The number of aryl methyl sites for hydroxylation is 3. The van der Waals surface area contributed by atoms with Crippen molar-refractivity contribution in [3.63, 3.8) is 0 Å². The van der Waals surface area contributed by atoms with E-state index < -0.39 is 0 Å². The van der Waals surface area contributed by atoms with Gasteiger partial charge in [0.25, 0.3) is 0 Å². The number of aromatic nitrogens is 4. The van der Waals surface area contributed by atoms with Crippen molar-refractivity contribution in [2.24, 2.45) is 7.05 Å². The molecule has 0 saturated heterocycles. The summed E-state index contributed by atoms with van der Waals surface area (Å²) in [5.74, 6) is 0.890. The second kappa shape index (κ2) is 8.48. The smallest absolute Gasteiger partial charge is 0.139 e. The summed E-state index contributed by atoms with van der Waals surface area (Å²) in [4.78, 5) is 9.10. The molecule has 0 aliphatic rings. The molecule has 29 heavy (non-hydrogen) atoms. The molecule has 4 nitrogen and oxygen atoms in total. The molecule has 0 amide bonds. The Bertz CT molecular complexity index is 1130. The maximum atomic E-state index is 4.92. The SMILES string of the molecule is CCCCCc1cc2c(/C=C/c3ccn(C)c3)cc(-n3ccnc3)nc2cc1C. The van der Waals surface area contributed by atoms with Crippen molar-refractivity contribution in [2.75, 3.05) is 0 Å². The number of pyridine rings is 1. The summed E-state index contributed by atoms with van der Waals surface area (Å²) in [6.45, 7) is 4.45. The first-order valence-corrected chi connectivity index (χ1v) is 10.4. The highest BCUT2D eigenvalue weighted by molar-refractivity contribution is 5.92. The lowest BCUT2D eigenvalue weighted by molar-refractivity contribution is 0.716. The number of hydrogen-bond acceptors (Lipinski definition) is 2. The quantitative estimate of drug-likeness (QED) is 0.368. The zero-order valence-corrected chi connectivity index (χ0v) is 17.5. The Hall–Kier alpha value is -3.14. The van der Waals surface area contributed by atoms with Crippen LogP contribution in [-0.4, -0.2) is 19.1 Å². The molecule has 0 aliphatic carbocycles. The van der Waals surface area contributed by atoms with Crippen LogP contribution in [0.2, 0.25) is 0 Å². The van der Waals surface area contributed by atoms with Gasteiger partial charge in [0.2, 0.25) is 0 Å². The average Bonchev–Trinajstić information content (AvgIpc) is 3.38. The highest BCUT2D eigenvalue weighted by Gasteiger charge is 2.09. The monoisotopic (exact) mass is 384 g/mol. The van der Waals surface area contributed by atoms with Crippen LogP contribution < -0.4 is 0 Å². The van der Waals surface area contributed by atoms with Gasteiger partial charge in [-0.15, -0.1) is 0 Å². The minimum atomic E-state index is 0.890. The predicted octanol–water partition coefficient (Wildman–Crippen LogP) is 5.97. The Morgan fingerprint density at radius 1 is 1.07 bits per heavy atom. The second-order valence-electron chi connectivity index (χ2n) is 7.74. The third-order valence-corrected chi connectivity index (χ3v) is 5.41. The number of rotatable bonds is 7. The molecule has 4 rings (SSSR count). The van der Waals surface area contributed by atoms with Gasteiger partial charge in [0.05, 0.1) is 5.52 Å². The molecular formula is C25H28N4. The normalized spacial score (nSPS) is 11.7. The summed E-state index contributed by atoms with van der Waals surface area (Å²) in [6.07, 6.45) is 19.0. The van der Waals surface area contributed by atoms with Gasteiger partial charge in [0, 0.05) is 37.2 Å². The lowest BCUT2D eigenvalue weighted by atomic mass is 9.97. The van der Waals surface area contributed by atoms with Gasteiger partial charge in [-0.1, -0.05) is 31.9 Å². The zero-order valence-electron chi connectivity index (χ0n) is 17.5. The van der Waals surface area contributed by atoms with Crippen LogP contribution in [0.4, 0.5) is 0 Å². The van der Waals surface area contributed by atoms with Gasteiger partial charge >= 0.3 is 0 Å². The van der Waals surface area contributed by atoms with Crippen LogP contribution in [0.25, 0.3) is 28.9 Å².